The second kappa shape index (κ2) is 7.31. The van der Waals surface area contributed by atoms with Crippen LogP contribution in [-0.2, 0) is 0 Å². The van der Waals surface area contributed by atoms with Crippen molar-refractivity contribution in [3.63, 3.8) is 0 Å². The maximum atomic E-state index is 11.5. The molecule has 0 atom stereocenters. The molecule has 0 fully saturated rings. The molecule has 0 spiro atoms. The minimum absolute atomic E-state index is 0.00202. The second-order valence-electron chi connectivity index (χ2n) is 4.76. The molecule has 6 heteroatoms. The number of methoxy groups -OCH3 is 2. The Labute approximate surface area is 134 Å². The Balaban J connectivity index is 2.34. The molecule has 0 radical (unpaired) electrons. The molecule has 2 rings (SSSR count). The summed E-state index contributed by atoms with van der Waals surface area (Å²) in [6.45, 7) is 1.96. The van der Waals surface area contributed by atoms with Gasteiger partial charge in [0.05, 0.1) is 26.1 Å². The molecule has 0 saturated carbocycles. The van der Waals surface area contributed by atoms with Crippen LogP contribution in [0.3, 0.4) is 0 Å². The van der Waals surface area contributed by atoms with E-state index in [0.29, 0.717) is 11.3 Å². The van der Waals surface area contributed by atoms with Crippen LogP contribution in [0.5, 0.6) is 11.5 Å². The van der Waals surface area contributed by atoms with Gasteiger partial charge in [0, 0.05) is 5.56 Å². The second-order valence-corrected chi connectivity index (χ2v) is 4.76. The monoisotopic (exact) mass is 314 g/mol. The fourth-order valence-corrected chi connectivity index (χ4v) is 2.14. The highest BCUT2D eigenvalue weighted by molar-refractivity contribution is 6.02. The van der Waals surface area contributed by atoms with Crippen LogP contribution in [0.25, 0.3) is 0 Å². The number of ether oxygens (including phenoxy) is 2. The summed E-state index contributed by atoms with van der Waals surface area (Å²) in [7, 11) is 2.85. The van der Waals surface area contributed by atoms with Gasteiger partial charge in [0.15, 0.2) is 11.5 Å². The number of carboxylic acid groups (broad SMARTS) is 1. The first-order valence-corrected chi connectivity index (χ1v) is 6.91. The number of hydrazone groups is 1. The number of aromatic carboxylic acids is 1. The van der Waals surface area contributed by atoms with Crippen molar-refractivity contribution >= 4 is 17.9 Å². The van der Waals surface area contributed by atoms with Crippen molar-refractivity contribution in [2.24, 2.45) is 5.10 Å². The molecule has 6 nitrogen and oxygen atoms in total. The van der Waals surface area contributed by atoms with Crippen LogP contribution in [0.4, 0.5) is 5.69 Å². The van der Waals surface area contributed by atoms with E-state index in [0.717, 1.165) is 11.3 Å². The van der Waals surface area contributed by atoms with Gasteiger partial charge in [-0.05, 0) is 30.7 Å². The minimum Gasteiger partial charge on any atom is -0.493 e. The van der Waals surface area contributed by atoms with E-state index in [1.54, 1.807) is 12.1 Å². The molecule has 0 amide bonds. The number of anilines is 1. The highest BCUT2D eigenvalue weighted by Crippen LogP contribution is 2.32. The van der Waals surface area contributed by atoms with E-state index in [9.17, 15) is 9.90 Å². The number of benzene rings is 2. The number of carboxylic acids is 1. The van der Waals surface area contributed by atoms with Gasteiger partial charge in [-0.1, -0.05) is 18.2 Å². The lowest BCUT2D eigenvalue weighted by Gasteiger charge is -2.12. The number of hydrogen-bond donors (Lipinski definition) is 2. The standard InChI is InChI=1S/C17H18N2O4/c1-11-6-4-5-7-13(11)19-18-10-12-8-9-14(22-2)16(23-3)15(12)17(20)21/h4-10,19H,1-3H3,(H,20,21). The molecule has 0 aliphatic carbocycles. The van der Waals surface area contributed by atoms with E-state index < -0.39 is 5.97 Å². The molecule has 2 aromatic carbocycles. The Bertz CT molecular complexity index is 741. The zero-order valence-electron chi connectivity index (χ0n) is 13.2. The normalized spacial score (nSPS) is 10.6. The van der Waals surface area contributed by atoms with Gasteiger partial charge < -0.3 is 14.6 Å². The summed E-state index contributed by atoms with van der Waals surface area (Å²) in [6, 6.07) is 10.9. The Hall–Kier alpha value is -3.02. The summed E-state index contributed by atoms with van der Waals surface area (Å²) >= 11 is 0. The van der Waals surface area contributed by atoms with Crippen LogP contribution in [0, 0.1) is 6.92 Å². The molecule has 120 valence electrons. The number of aryl methyl sites for hydroxylation is 1. The van der Waals surface area contributed by atoms with Gasteiger partial charge >= 0.3 is 5.97 Å². The van der Waals surface area contributed by atoms with Crippen LogP contribution in [0.2, 0.25) is 0 Å². The third-order valence-electron chi connectivity index (χ3n) is 3.33. The van der Waals surface area contributed by atoms with Crippen LogP contribution in [0.15, 0.2) is 41.5 Å². The number of nitrogens with zero attached hydrogens (tertiary/aromatic N) is 1. The lowest BCUT2D eigenvalue weighted by atomic mass is 10.1. The Morgan fingerprint density at radius 1 is 1.17 bits per heavy atom. The molecule has 0 bridgehead atoms. The van der Waals surface area contributed by atoms with Crippen molar-refractivity contribution in [2.75, 3.05) is 19.6 Å². The lowest BCUT2D eigenvalue weighted by molar-refractivity contribution is 0.0692. The highest BCUT2D eigenvalue weighted by atomic mass is 16.5. The van der Waals surface area contributed by atoms with Crippen molar-refractivity contribution in [1.29, 1.82) is 0 Å². The zero-order chi connectivity index (χ0) is 16.8. The summed E-state index contributed by atoms with van der Waals surface area (Å²) in [4.78, 5) is 11.5. The predicted molar refractivity (Wildman–Crippen MR) is 88.9 cm³/mol. The predicted octanol–water partition coefficient (Wildman–Crippen LogP) is 3.16. The summed E-state index contributed by atoms with van der Waals surface area (Å²) < 4.78 is 10.3. The molecular weight excluding hydrogens is 296 g/mol. The molecular formula is C17H18N2O4. The maximum Gasteiger partial charge on any atom is 0.340 e. The number of para-hydroxylation sites is 1. The smallest absolute Gasteiger partial charge is 0.340 e. The topological polar surface area (TPSA) is 80.2 Å². The quantitative estimate of drug-likeness (QED) is 0.632. The Kier molecular flexibility index (Phi) is 5.19. The SMILES string of the molecule is COc1ccc(C=NNc2ccccc2C)c(C(=O)O)c1OC. The van der Waals surface area contributed by atoms with Crippen molar-refractivity contribution in [3.05, 3.63) is 53.1 Å². The van der Waals surface area contributed by atoms with E-state index in [2.05, 4.69) is 10.5 Å². The van der Waals surface area contributed by atoms with Crippen LogP contribution in [0.1, 0.15) is 21.5 Å². The fourth-order valence-electron chi connectivity index (χ4n) is 2.14. The summed E-state index contributed by atoms with van der Waals surface area (Å²) in [6.07, 6.45) is 1.44. The number of nitrogens with one attached hydrogen (secondary N) is 1. The minimum atomic E-state index is -1.11. The van der Waals surface area contributed by atoms with Gasteiger partial charge in [0.2, 0.25) is 0 Å². The number of rotatable bonds is 6. The van der Waals surface area contributed by atoms with Crippen molar-refractivity contribution in [1.82, 2.24) is 0 Å². The fraction of sp³-hybridized carbons (Fsp3) is 0.176. The van der Waals surface area contributed by atoms with E-state index in [4.69, 9.17) is 9.47 Å². The molecule has 2 N–H and O–H groups in total. The third-order valence-corrected chi connectivity index (χ3v) is 3.33. The van der Waals surface area contributed by atoms with Gasteiger partial charge in [0.25, 0.3) is 0 Å². The molecule has 0 aromatic heterocycles. The van der Waals surface area contributed by atoms with Crippen LogP contribution >= 0.6 is 0 Å². The summed E-state index contributed by atoms with van der Waals surface area (Å²) in [5, 5.41) is 13.6. The average molecular weight is 314 g/mol. The number of hydrogen-bond acceptors (Lipinski definition) is 5. The van der Waals surface area contributed by atoms with Crippen molar-refractivity contribution < 1.29 is 19.4 Å². The van der Waals surface area contributed by atoms with E-state index in [1.807, 2.05) is 31.2 Å². The average Bonchev–Trinajstić information content (AvgIpc) is 2.55. The third kappa shape index (κ3) is 3.60. The van der Waals surface area contributed by atoms with Gasteiger partial charge in [0.1, 0.15) is 5.56 Å². The van der Waals surface area contributed by atoms with Crippen LogP contribution in [-0.4, -0.2) is 31.5 Å². The van der Waals surface area contributed by atoms with Crippen molar-refractivity contribution in [3.8, 4) is 11.5 Å². The maximum absolute atomic E-state index is 11.5. The van der Waals surface area contributed by atoms with E-state index >= 15 is 0 Å². The van der Waals surface area contributed by atoms with Gasteiger partial charge in [-0.15, -0.1) is 0 Å². The van der Waals surface area contributed by atoms with E-state index in [-0.39, 0.29) is 11.3 Å². The van der Waals surface area contributed by atoms with Crippen molar-refractivity contribution in [2.45, 2.75) is 6.92 Å². The first kappa shape index (κ1) is 16.4. The lowest BCUT2D eigenvalue weighted by Crippen LogP contribution is -2.07. The summed E-state index contributed by atoms with van der Waals surface area (Å²) in [5.74, 6) is -0.591. The Morgan fingerprint density at radius 2 is 1.91 bits per heavy atom. The van der Waals surface area contributed by atoms with E-state index in [1.165, 1.54) is 20.4 Å². The first-order valence-electron chi connectivity index (χ1n) is 6.91. The molecule has 0 aliphatic heterocycles. The molecule has 2 aromatic rings. The van der Waals surface area contributed by atoms with Gasteiger partial charge in [-0.3, -0.25) is 5.43 Å². The molecule has 0 heterocycles. The molecule has 23 heavy (non-hydrogen) atoms. The number of carbonyl (C=O) groups is 1. The first-order chi connectivity index (χ1) is 11.1. The summed E-state index contributed by atoms with van der Waals surface area (Å²) in [5.41, 5.74) is 5.20. The molecule has 0 unspecified atom stereocenters. The van der Waals surface area contributed by atoms with Gasteiger partial charge in [-0.2, -0.15) is 5.10 Å². The largest absolute Gasteiger partial charge is 0.493 e. The zero-order valence-corrected chi connectivity index (χ0v) is 13.2. The van der Waals surface area contributed by atoms with Crippen LogP contribution < -0.4 is 14.9 Å². The van der Waals surface area contributed by atoms with Gasteiger partial charge in [-0.25, -0.2) is 4.79 Å². The molecule has 0 saturated heterocycles. The highest BCUT2D eigenvalue weighted by Gasteiger charge is 2.19. The Morgan fingerprint density at radius 3 is 2.52 bits per heavy atom. The molecule has 0 aliphatic rings.